The lowest BCUT2D eigenvalue weighted by Crippen LogP contribution is -2.57. The van der Waals surface area contributed by atoms with E-state index in [2.05, 4.69) is 63.7 Å². The third-order valence-corrected chi connectivity index (χ3v) is 18.3. The number of aryl methyl sites for hydroxylation is 1. The van der Waals surface area contributed by atoms with Gasteiger partial charge in [0.05, 0.1) is 33.8 Å². The van der Waals surface area contributed by atoms with Crippen molar-refractivity contribution < 1.29 is 33.9 Å². The minimum atomic E-state index is -0.874. The number of hydrogen-bond acceptors (Lipinski definition) is 12. The summed E-state index contributed by atoms with van der Waals surface area (Å²) in [5, 5.41) is 22.9. The number of aromatic nitrogens is 2. The van der Waals surface area contributed by atoms with Crippen LogP contribution in [-0.2, 0) is 44.4 Å². The van der Waals surface area contributed by atoms with E-state index in [0.717, 1.165) is 112 Å². The van der Waals surface area contributed by atoms with Crippen LogP contribution in [0.4, 0.5) is 5.69 Å². The monoisotopic (exact) mass is 1150 g/mol. The largest absolute Gasteiger partial charge is 0.391 e. The van der Waals surface area contributed by atoms with Gasteiger partial charge in [-0.2, -0.15) is 0 Å². The molecular formula is C64H85N11O7S. The summed E-state index contributed by atoms with van der Waals surface area (Å²) in [5.41, 5.74) is 9.41. The summed E-state index contributed by atoms with van der Waals surface area (Å²) in [6, 6.07) is 25.6. The van der Waals surface area contributed by atoms with Gasteiger partial charge in [0.15, 0.2) is 0 Å². The van der Waals surface area contributed by atoms with Gasteiger partial charge in [0.1, 0.15) is 17.8 Å². The number of benzene rings is 3. The lowest BCUT2D eigenvalue weighted by Gasteiger charge is -2.53. The summed E-state index contributed by atoms with van der Waals surface area (Å²) in [7, 11) is 3.52. The number of aliphatic hydroxyl groups excluding tert-OH is 1. The smallest absolute Gasteiger partial charge is 0.268 e. The highest BCUT2D eigenvalue weighted by molar-refractivity contribution is 7.13. The lowest BCUT2D eigenvalue weighted by atomic mass is 9.71. The van der Waals surface area contributed by atoms with E-state index in [1.165, 1.54) is 16.2 Å². The summed E-state index contributed by atoms with van der Waals surface area (Å²) in [6.45, 7) is 17.4. The third kappa shape index (κ3) is 14.8. The molecule has 83 heavy (non-hydrogen) atoms. The maximum Gasteiger partial charge on any atom is 0.268 e. The molecule has 1 saturated carbocycles. The minimum absolute atomic E-state index is 0.00578. The van der Waals surface area contributed by atoms with Gasteiger partial charge in [0.2, 0.25) is 23.6 Å². The van der Waals surface area contributed by atoms with Gasteiger partial charge in [0.25, 0.3) is 11.8 Å². The fourth-order valence-corrected chi connectivity index (χ4v) is 13.0. The molecule has 18 nitrogen and oxygen atoms in total. The predicted octanol–water partition coefficient (Wildman–Crippen LogP) is 7.32. The summed E-state index contributed by atoms with van der Waals surface area (Å²) in [6.07, 6.45) is 5.66. The van der Waals surface area contributed by atoms with Gasteiger partial charge in [-0.1, -0.05) is 75.7 Å². The number of hydrogen-bond donors (Lipinski definition) is 5. The lowest BCUT2D eigenvalue weighted by molar-refractivity contribution is -0.144. The first-order chi connectivity index (χ1) is 39.8. The number of nitrogens with one attached hydrogen (secondary N) is 4. The van der Waals surface area contributed by atoms with E-state index in [-0.39, 0.29) is 66.4 Å². The Kier molecular flexibility index (Phi) is 19.7. The topological polar surface area (TPSA) is 205 Å². The van der Waals surface area contributed by atoms with Gasteiger partial charge in [-0.15, -0.1) is 11.3 Å². The minimum Gasteiger partial charge on any atom is -0.391 e. The van der Waals surface area contributed by atoms with Crippen LogP contribution in [-0.4, -0.2) is 159 Å². The van der Waals surface area contributed by atoms with Crippen LogP contribution in [0.1, 0.15) is 140 Å². The molecule has 3 fully saturated rings. The summed E-state index contributed by atoms with van der Waals surface area (Å²) in [5.74, 6) is -1.07. The Bertz CT molecular complexity index is 3070. The number of aliphatic hydroxyl groups is 1. The molecule has 2 aromatic heterocycles. The van der Waals surface area contributed by atoms with E-state index >= 15 is 0 Å². The molecule has 2 saturated heterocycles. The number of β-amino-alcohol motifs (C(OH)–C–C–N with tert-alkyl or cyclic N) is 1. The zero-order valence-corrected chi connectivity index (χ0v) is 50.4. The van der Waals surface area contributed by atoms with Crippen molar-refractivity contribution >= 4 is 52.5 Å². The summed E-state index contributed by atoms with van der Waals surface area (Å²) < 4.78 is 2.20. The number of carbonyl (C=O) groups is 6. The van der Waals surface area contributed by atoms with E-state index in [0.29, 0.717) is 42.9 Å². The molecule has 19 heteroatoms. The number of anilines is 1. The molecule has 5 N–H and O–H groups in total. The van der Waals surface area contributed by atoms with Crippen LogP contribution >= 0.6 is 11.3 Å². The van der Waals surface area contributed by atoms with Gasteiger partial charge in [-0.05, 0) is 117 Å². The number of rotatable bonds is 22. The molecule has 444 valence electrons. The van der Waals surface area contributed by atoms with Crippen molar-refractivity contribution in [2.45, 2.75) is 142 Å². The second-order valence-electron chi connectivity index (χ2n) is 24.5. The van der Waals surface area contributed by atoms with Crippen molar-refractivity contribution in [3.8, 4) is 10.4 Å². The maximum absolute atomic E-state index is 14.2. The average Bonchev–Trinajstić information content (AvgIpc) is 3.81. The molecule has 5 aromatic rings. The van der Waals surface area contributed by atoms with Crippen molar-refractivity contribution in [3.05, 3.63) is 130 Å². The number of thiazole rings is 1. The summed E-state index contributed by atoms with van der Waals surface area (Å²) >= 11 is 1.58. The predicted molar refractivity (Wildman–Crippen MR) is 323 cm³/mol. The molecular weight excluding hydrogens is 1070 g/mol. The highest BCUT2D eigenvalue weighted by Gasteiger charge is 2.49. The number of unbranched alkanes of at least 4 members (excludes halogenated alkanes) is 2. The molecule has 1 spiro atoms. The quantitative estimate of drug-likeness (QED) is 0.0435. The van der Waals surface area contributed by atoms with Crippen molar-refractivity contribution in [2.24, 2.45) is 5.41 Å². The van der Waals surface area contributed by atoms with E-state index in [4.69, 9.17) is 0 Å². The Morgan fingerprint density at radius 1 is 0.783 bits per heavy atom. The molecule has 6 amide bonds. The van der Waals surface area contributed by atoms with Crippen LogP contribution in [0.5, 0.6) is 0 Å². The normalized spacial score (nSPS) is 18.9. The molecule has 3 aliphatic heterocycles. The number of fused-ring (bicyclic) bond motifs is 2. The third-order valence-electron chi connectivity index (χ3n) is 17.3. The van der Waals surface area contributed by atoms with Crippen LogP contribution in [0, 0.1) is 12.3 Å². The molecule has 4 aliphatic rings. The Morgan fingerprint density at radius 3 is 2.11 bits per heavy atom. The Hall–Kier alpha value is -6.77. The molecule has 1 aliphatic carbocycles. The van der Waals surface area contributed by atoms with Crippen LogP contribution in [0.2, 0.25) is 0 Å². The first-order valence-electron chi connectivity index (χ1n) is 29.7. The summed E-state index contributed by atoms with van der Waals surface area (Å²) in [4.78, 5) is 96.1. The number of amides is 6. The molecule has 3 aromatic carbocycles. The van der Waals surface area contributed by atoms with Crippen molar-refractivity contribution in [3.63, 3.8) is 0 Å². The van der Waals surface area contributed by atoms with E-state index < -0.39 is 23.6 Å². The SMILES string of the molecule is Cc1ncsc1-c1ccc([C@H](C)NC(=O)[C@@H]2C[C@@H](O)CN2C(=O)[C@@H](NC(=O)CCCCCN2CCN(CCC(=O)Nc3ccc(CNC(=O)c4ccc5n4CCN(Cc4ccc(C(=O)N(C)C)cc4)C54CCC4)cc3)CC2)C(C)(C)C)cc1. The fraction of sp³-hybridized carbons (Fsp3) is 0.516. The van der Waals surface area contributed by atoms with Crippen molar-refractivity contribution in [2.75, 3.05) is 71.8 Å². The molecule has 0 radical (unpaired) electrons. The van der Waals surface area contributed by atoms with Gasteiger partial charge in [-0.3, -0.25) is 33.7 Å². The molecule has 0 bridgehead atoms. The van der Waals surface area contributed by atoms with Gasteiger partial charge in [0, 0.05) is 116 Å². The number of carbonyl (C=O) groups excluding carboxylic acids is 6. The van der Waals surface area contributed by atoms with E-state index in [9.17, 15) is 33.9 Å². The molecule has 5 heterocycles. The Balaban J connectivity index is 0.640. The molecule has 4 atom stereocenters. The first kappa shape index (κ1) is 60.8. The zero-order chi connectivity index (χ0) is 59.0. The van der Waals surface area contributed by atoms with Crippen LogP contribution in [0.15, 0.2) is 90.4 Å². The maximum atomic E-state index is 14.2. The van der Waals surface area contributed by atoms with Crippen molar-refractivity contribution in [1.29, 1.82) is 0 Å². The fourth-order valence-electron chi connectivity index (χ4n) is 12.2. The van der Waals surface area contributed by atoms with Crippen LogP contribution < -0.4 is 21.3 Å². The van der Waals surface area contributed by atoms with Crippen LogP contribution in [0.3, 0.4) is 0 Å². The first-order valence-corrected chi connectivity index (χ1v) is 30.6. The van der Waals surface area contributed by atoms with Gasteiger partial charge in [-0.25, -0.2) is 4.98 Å². The second kappa shape index (κ2) is 26.9. The van der Waals surface area contributed by atoms with E-state index in [1.54, 1.807) is 30.3 Å². The molecule has 0 unspecified atom stereocenters. The van der Waals surface area contributed by atoms with Gasteiger partial charge >= 0.3 is 0 Å². The number of likely N-dealkylation sites (tertiary alicyclic amines) is 1. The van der Waals surface area contributed by atoms with E-state index in [1.807, 2.05) is 107 Å². The van der Waals surface area contributed by atoms with Crippen molar-refractivity contribution in [1.82, 2.24) is 50.0 Å². The molecule has 9 rings (SSSR count). The Labute approximate surface area is 493 Å². The highest BCUT2D eigenvalue weighted by atomic mass is 32.1. The van der Waals surface area contributed by atoms with Gasteiger partial charge < -0.3 is 50.5 Å². The standard InChI is InChI=1S/C64H85N11O7S/c1-43(47-19-21-48(22-20-47)57-44(2)66-42-83-57)67-60(80)53-38-51(76)41-75(53)62(82)58(63(3,4)5)69-55(77)12-9-8-10-30-71-32-34-72(35-33-71)31-27-56(78)68-50-23-15-45(16-24-50)39-65-59(79)52-25-26-54-64(28-11-29-64)73(36-37-74(52)54)40-46-13-17-49(18-14-46)61(81)70(6)7/h13-26,42-43,51,53,58,76H,8-12,27-41H2,1-7H3,(H,65,79)(H,67,80)(H,68,78)(H,69,77)/t43-,51+,53-,58+/m0/s1. The highest BCUT2D eigenvalue weighted by Crippen LogP contribution is 2.49. The Morgan fingerprint density at radius 2 is 1.47 bits per heavy atom. The van der Waals surface area contributed by atoms with Crippen LogP contribution in [0.25, 0.3) is 10.4 Å². The average molecular weight is 1150 g/mol. The zero-order valence-electron chi connectivity index (χ0n) is 49.5. The number of piperazine rings is 1. The number of nitrogens with zero attached hydrogens (tertiary/aromatic N) is 7. The second-order valence-corrected chi connectivity index (χ2v) is 25.4.